The molecule has 0 aliphatic rings. The van der Waals surface area contributed by atoms with Crippen molar-refractivity contribution in [3.8, 4) is 5.75 Å². The van der Waals surface area contributed by atoms with Gasteiger partial charge in [0.2, 0.25) is 0 Å². The summed E-state index contributed by atoms with van der Waals surface area (Å²) in [4.78, 5) is 35.9. The van der Waals surface area contributed by atoms with Gasteiger partial charge in [0.25, 0.3) is 11.8 Å². The molecule has 0 heterocycles. The molecule has 0 aliphatic heterocycles. The Bertz CT molecular complexity index is 574. The summed E-state index contributed by atoms with van der Waals surface area (Å²) in [6, 6.07) is 8.04. The van der Waals surface area contributed by atoms with Gasteiger partial charge < -0.3 is 20.1 Å². The average Bonchev–Trinajstić information content (AvgIpc) is 2.58. The Labute approximate surface area is 148 Å². The van der Waals surface area contributed by atoms with E-state index in [9.17, 15) is 14.4 Å². The topological polar surface area (TPSA) is 93.7 Å². The molecular weight excluding hydrogens is 324 g/mol. The van der Waals surface area contributed by atoms with E-state index < -0.39 is 24.0 Å². The molecule has 1 aromatic carbocycles. The summed E-state index contributed by atoms with van der Waals surface area (Å²) >= 11 is 0. The normalized spacial score (nSPS) is 12.8. The van der Waals surface area contributed by atoms with Crippen LogP contribution in [0.25, 0.3) is 0 Å². The predicted molar refractivity (Wildman–Crippen MR) is 92.9 cm³/mol. The zero-order chi connectivity index (χ0) is 18.8. The fraction of sp³-hybridized carbons (Fsp3) is 0.500. The number of likely N-dealkylation sites (N-methyl/N-ethyl adjacent to an activating group) is 1. The summed E-state index contributed by atoms with van der Waals surface area (Å²) in [5, 5.41) is 5.17. The number of carbonyl (C=O) groups excluding carboxylic acids is 3. The molecule has 0 saturated carbocycles. The lowest BCUT2D eigenvalue weighted by atomic mass is 10.0. The number of hydrogen-bond acceptors (Lipinski definition) is 5. The molecule has 0 spiro atoms. The highest BCUT2D eigenvalue weighted by atomic mass is 16.5. The van der Waals surface area contributed by atoms with Crippen LogP contribution in [0.15, 0.2) is 30.3 Å². The van der Waals surface area contributed by atoms with Crippen LogP contribution in [0, 0.1) is 5.92 Å². The van der Waals surface area contributed by atoms with Crippen LogP contribution in [0.3, 0.4) is 0 Å². The molecule has 2 amide bonds. The van der Waals surface area contributed by atoms with Gasteiger partial charge in [0.1, 0.15) is 11.8 Å². The number of para-hydroxylation sites is 1. The standard InChI is InChI=1S/C18H26N2O5/c1-5-19-17(22)13(4)25-18(23)16(12(2)3)20-15(21)11-24-14-9-7-6-8-10-14/h6-10,12-13,16H,5,11H2,1-4H3,(H,19,22)(H,20,21)/t13-,16-/m0/s1. The lowest BCUT2D eigenvalue weighted by molar-refractivity contribution is -0.158. The van der Waals surface area contributed by atoms with Crippen molar-refractivity contribution < 1.29 is 23.9 Å². The Hall–Kier alpha value is -2.57. The first-order valence-corrected chi connectivity index (χ1v) is 8.30. The van der Waals surface area contributed by atoms with Crippen LogP contribution in [-0.2, 0) is 19.1 Å². The first-order chi connectivity index (χ1) is 11.8. The van der Waals surface area contributed by atoms with Gasteiger partial charge in [-0.2, -0.15) is 0 Å². The molecule has 2 atom stereocenters. The molecule has 0 bridgehead atoms. The number of carbonyl (C=O) groups is 3. The van der Waals surface area contributed by atoms with Gasteiger partial charge in [0, 0.05) is 6.54 Å². The van der Waals surface area contributed by atoms with E-state index in [0.29, 0.717) is 12.3 Å². The smallest absolute Gasteiger partial charge is 0.329 e. The Kier molecular flexibility index (Phi) is 8.46. The Morgan fingerprint density at radius 3 is 2.28 bits per heavy atom. The largest absolute Gasteiger partial charge is 0.484 e. The van der Waals surface area contributed by atoms with Crippen molar-refractivity contribution >= 4 is 17.8 Å². The summed E-state index contributed by atoms with van der Waals surface area (Å²) in [7, 11) is 0. The highest BCUT2D eigenvalue weighted by molar-refractivity contribution is 5.88. The van der Waals surface area contributed by atoms with Crippen molar-refractivity contribution in [3.05, 3.63) is 30.3 Å². The molecule has 138 valence electrons. The minimum absolute atomic E-state index is 0.199. The molecule has 0 radical (unpaired) electrons. The van der Waals surface area contributed by atoms with Crippen LogP contribution >= 0.6 is 0 Å². The molecule has 0 saturated heterocycles. The van der Waals surface area contributed by atoms with Crippen LogP contribution in [0.1, 0.15) is 27.7 Å². The second kappa shape index (κ2) is 10.3. The zero-order valence-electron chi connectivity index (χ0n) is 15.1. The zero-order valence-corrected chi connectivity index (χ0v) is 15.1. The number of nitrogens with one attached hydrogen (secondary N) is 2. The van der Waals surface area contributed by atoms with Crippen molar-refractivity contribution in [2.45, 2.75) is 39.8 Å². The second-order valence-corrected chi connectivity index (χ2v) is 5.86. The summed E-state index contributed by atoms with van der Waals surface area (Å²) in [6.45, 7) is 7.05. The molecule has 0 aromatic heterocycles. The van der Waals surface area contributed by atoms with Crippen molar-refractivity contribution in [3.63, 3.8) is 0 Å². The van der Waals surface area contributed by atoms with E-state index in [-0.39, 0.29) is 18.4 Å². The van der Waals surface area contributed by atoms with Gasteiger partial charge in [-0.25, -0.2) is 4.79 Å². The predicted octanol–water partition coefficient (Wildman–Crippen LogP) is 1.27. The molecule has 25 heavy (non-hydrogen) atoms. The van der Waals surface area contributed by atoms with E-state index in [1.807, 2.05) is 6.07 Å². The Morgan fingerprint density at radius 2 is 1.72 bits per heavy atom. The minimum Gasteiger partial charge on any atom is -0.484 e. The summed E-state index contributed by atoms with van der Waals surface area (Å²) in [5.41, 5.74) is 0. The van der Waals surface area contributed by atoms with E-state index in [0.717, 1.165) is 0 Å². The SMILES string of the molecule is CCNC(=O)[C@H](C)OC(=O)[C@@H](NC(=O)COc1ccccc1)C(C)C. The molecule has 1 rings (SSSR count). The van der Waals surface area contributed by atoms with Crippen LogP contribution in [0.2, 0.25) is 0 Å². The van der Waals surface area contributed by atoms with Crippen LogP contribution < -0.4 is 15.4 Å². The lowest BCUT2D eigenvalue weighted by Crippen LogP contribution is -2.48. The second-order valence-electron chi connectivity index (χ2n) is 5.86. The molecular formula is C18H26N2O5. The molecule has 2 N–H and O–H groups in total. The Morgan fingerprint density at radius 1 is 1.08 bits per heavy atom. The Balaban J connectivity index is 2.56. The molecule has 7 heteroatoms. The number of benzene rings is 1. The number of esters is 1. The summed E-state index contributed by atoms with van der Waals surface area (Å²) in [5.74, 6) is -1.11. The maximum absolute atomic E-state index is 12.3. The van der Waals surface area contributed by atoms with Crippen molar-refractivity contribution in [1.29, 1.82) is 0 Å². The van der Waals surface area contributed by atoms with Gasteiger partial charge in [0.15, 0.2) is 12.7 Å². The fourth-order valence-corrected chi connectivity index (χ4v) is 2.00. The number of rotatable bonds is 9. The van der Waals surface area contributed by atoms with E-state index in [4.69, 9.17) is 9.47 Å². The van der Waals surface area contributed by atoms with Crippen LogP contribution in [0.4, 0.5) is 0 Å². The third-order valence-electron chi connectivity index (χ3n) is 3.36. The van der Waals surface area contributed by atoms with E-state index in [1.165, 1.54) is 6.92 Å². The minimum atomic E-state index is -0.925. The van der Waals surface area contributed by atoms with Crippen molar-refractivity contribution in [2.75, 3.05) is 13.2 Å². The highest BCUT2D eigenvalue weighted by Crippen LogP contribution is 2.09. The molecule has 7 nitrogen and oxygen atoms in total. The van der Waals surface area contributed by atoms with Gasteiger partial charge in [0.05, 0.1) is 0 Å². The molecule has 0 aliphatic carbocycles. The van der Waals surface area contributed by atoms with Gasteiger partial charge in [-0.05, 0) is 31.9 Å². The number of amides is 2. The maximum Gasteiger partial charge on any atom is 0.329 e. The monoisotopic (exact) mass is 350 g/mol. The first kappa shape index (κ1) is 20.5. The van der Waals surface area contributed by atoms with Gasteiger partial charge in [-0.1, -0.05) is 32.0 Å². The fourth-order valence-electron chi connectivity index (χ4n) is 2.00. The van der Waals surface area contributed by atoms with Gasteiger partial charge in [-0.15, -0.1) is 0 Å². The third-order valence-corrected chi connectivity index (χ3v) is 3.36. The molecule has 0 unspecified atom stereocenters. The third kappa shape index (κ3) is 7.24. The maximum atomic E-state index is 12.3. The highest BCUT2D eigenvalue weighted by Gasteiger charge is 2.28. The van der Waals surface area contributed by atoms with E-state index in [2.05, 4.69) is 10.6 Å². The molecule has 1 aromatic rings. The quantitative estimate of drug-likeness (QED) is 0.654. The van der Waals surface area contributed by atoms with E-state index in [1.54, 1.807) is 45.0 Å². The number of hydrogen-bond donors (Lipinski definition) is 2. The van der Waals surface area contributed by atoms with Crippen molar-refractivity contribution in [1.82, 2.24) is 10.6 Å². The first-order valence-electron chi connectivity index (χ1n) is 8.30. The van der Waals surface area contributed by atoms with Crippen LogP contribution in [-0.4, -0.2) is 43.1 Å². The van der Waals surface area contributed by atoms with Crippen LogP contribution in [0.5, 0.6) is 5.75 Å². The van der Waals surface area contributed by atoms with Gasteiger partial charge in [-0.3, -0.25) is 9.59 Å². The van der Waals surface area contributed by atoms with Gasteiger partial charge >= 0.3 is 5.97 Å². The van der Waals surface area contributed by atoms with E-state index >= 15 is 0 Å². The average molecular weight is 350 g/mol. The molecule has 0 fully saturated rings. The number of ether oxygens (including phenoxy) is 2. The summed E-state index contributed by atoms with van der Waals surface area (Å²) in [6.07, 6.45) is -0.925. The lowest BCUT2D eigenvalue weighted by Gasteiger charge is -2.22. The summed E-state index contributed by atoms with van der Waals surface area (Å²) < 4.78 is 10.5. The van der Waals surface area contributed by atoms with Crippen molar-refractivity contribution in [2.24, 2.45) is 5.92 Å².